The SMILES string of the molecule is O=c1ccc2ccc(OS(=O)(=O)Cc3ccc([N+](=O)[O-])cc3)cc2o1. The molecule has 0 fully saturated rings. The molecule has 0 aliphatic rings. The molecule has 0 aliphatic heterocycles. The van der Waals surface area contributed by atoms with Gasteiger partial charge in [-0.1, -0.05) is 12.1 Å². The molecule has 9 heteroatoms. The van der Waals surface area contributed by atoms with Crippen LogP contribution in [0.1, 0.15) is 5.56 Å². The van der Waals surface area contributed by atoms with Gasteiger partial charge in [-0.15, -0.1) is 0 Å². The number of fused-ring (bicyclic) bond motifs is 1. The Morgan fingerprint density at radius 3 is 2.40 bits per heavy atom. The van der Waals surface area contributed by atoms with E-state index in [0.29, 0.717) is 10.9 Å². The summed E-state index contributed by atoms with van der Waals surface area (Å²) in [5.41, 5.74) is -0.140. The van der Waals surface area contributed by atoms with Crippen LogP contribution in [0, 0.1) is 10.1 Å². The van der Waals surface area contributed by atoms with Gasteiger partial charge in [-0.3, -0.25) is 10.1 Å². The Morgan fingerprint density at radius 1 is 1.04 bits per heavy atom. The smallest absolute Gasteiger partial charge is 0.336 e. The van der Waals surface area contributed by atoms with Crippen molar-refractivity contribution in [2.45, 2.75) is 5.75 Å². The predicted molar refractivity (Wildman–Crippen MR) is 88.8 cm³/mol. The summed E-state index contributed by atoms with van der Waals surface area (Å²) in [6, 6.07) is 12.3. The average Bonchev–Trinajstić information content (AvgIpc) is 2.54. The van der Waals surface area contributed by atoms with E-state index in [4.69, 9.17) is 8.60 Å². The van der Waals surface area contributed by atoms with Gasteiger partial charge in [0.1, 0.15) is 17.1 Å². The number of nitrogens with zero attached hydrogens (tertiary/aromatic N) is 1. The quantitative estimate of drug-likeness (QED) is 0.297. The fourth-order valence-electron chi connectivity index (χ4n) is 2.19. The van der Waals surface area contributed by atoms with E-state index in [-0.39, 0.29) is 17.0 Å². The van der Waals surface area contributed by atoms with Crippen LogP contribution >= 0.6 is 0 Å². The van der Waals surface area contributed by atoms with E-state index in [2.05, 4.69) is 0 Å². The van der Waals surface area contributed by atoms with Gasteiger partial charge in [0, 0.05) is 29.7 Å². The normalized spacial score (nSPS) is 11.4. The first-order valence-electron chi connectivity index (χ1n) is 7.02. The molecular weight excluding hydrogens is 350 g/mol. The van der Waals surface area contributed by atoms with Crippen LogP contribution in [0.3, 0.4) is 0 Å². The fraction of sp³-hybridized carbons (Fsp3) is 0.0625. The van der Waals surface area contributed by atoms with Crippen LogP contribution in [0.5, 0.6) is 5.75 Å². The molecule has 3 aromatic rings. The first-order chi connectivity index (χ1) is 11.8. The van der Waals surface area contributed by atoms with Crippen molar-refractivity contribution in [1.29, 1.82) is 0 Å². The zero-order valence-electron chi connectivity index (χ0n) is 12.6. The molecule has 0 saturated heterocycles. The molecule has 0 N–H and O–H groups in total. The van der Waals surface area contributed by atoms with Crippen LogP contribution in [0.25, 0.3) is 11.0 Å². The molecule has 1 aromatic heterocycles. The molecule has 1 heterocycles. The third-order valence-electron chi connectivity index (χ3n) is 3.31. The maximum Gasteiger partial charge on any atom is 0.336 e. The van der Waals surface area contributed by atoms with Crippen molar-refractivity contribution >= 4 is 26.8 Å². The molecule has 128 valence electrons. The molecular formula is C16H11NO7S. The summed E-state index contributed by atoms with van der Waals surface area (Å²) in [7, 11) is -3.99. The van der Waals surface area contributed by atoms with Crippen LogP contribution in [0.15, 0.2) is 63.8 Å². The monoisotopic (exact) mass is 361 g/mol. The van der Waals surface area contributed by atoms with Gasteiger partial charge < -0.3 is 8.60 Å². The van der Waals surface area contributed by atoms with Gasteiger partial charge in [0.2, 0.25) is 0 Å². The maximum atomic E-state index is 12.1. The molecule has 8 nitrogen and oxygen atoms in total. The second-order valence-electron chi connectivity index (χ2n) is 5.16. The first-order valence-corrected chi connectivity index (χ1v) is 8.59. The topological polar surface area (TPSA) is 117 Å². The minimum absolute atomic E-state index is 0.00348. The molecule has 25 heavy (non-hydrogen) atoms. The van der Waals surface area contributed by atoms with E-state index in [1.165, 1.54) is 42.5 Å². The zero-order valence-corrected chi connectivity index (χ0v) is 13.4. The lowest BCUT2D eigenvalue weighted by atomic mass is 10.2. The fourth-order valence-corrected chi connectivity index (χ4v) is 3.24. The van der Waals surface area contributed by atoms with Crippen molar-refractivity contribution in [2.75, 3.05) is 0 Å². The van der Waals surface area contributed by atoms with Gasteiger partial charge in [-0.25, -0.2) is 4.79 Å². The Bertz CT molecular complexity index is 1100. The molecule has 0 bridgehead atoms. The van der Waals surface area contributed by atoms with Gasteiger partial charge in [-0.2, -0.15) is 8.42 Å². The summed E-state index contributed by atoms with van der Waals surface area (Å²) in [4.78, 5) is 21.3. The molecule has 2 aromatic carbocycles. The van der Waals surface area contributed by atoms with Crippen LogP contribution in [-0.2, 0) is 15.9 Å². The summed E-state index contributed by atoms with van der Waals surface area (Å²) in [5.74, 6) is -0.453. The third kappa shape index (κ3) is 4.01. The van der Waals surface area contributed by atoms with Gasteiger partial charge in [0.25, 0.3) is 5.69 Å². The Kier molecular flexibility index (Phi) is 4.24. The second-order valence-corrected chi connectivity index (χ2v) is 6.73. The van der Waals surface area contributed by atoms with Crippen molar-refractivity contribution in [2.24, 2.45) is 0 Å². The number of non-ortho nitro benzene ring substituents is 1. The van der Waals surface area contributed by atoms with Gasteiger partial charge in [0.15, 0.2) is 0 Å². The first kappa shape index (κ1) is 16.7. The molecule has 3 rings (SSSR count). The highest BCUT2D eigenvalue weighted by atomic mass is 32.2. The largest absolute Gasteiger partial charge is 0.423 e. The Labute approximate surface area is 141 Å². The van der Waals surface area contributed by atoms with E-state index in [1.807, 2.05) is 0 Å². The van der Waals surface area contributed by atoms with Gasteiger partial charge in [-0.05, 0) is 23.8 Å². The van der Waals surface area contributed by atoms with Gasteiger partial charge in [0.05, 0.1) is 4.92 Å². The molecule has 0 saturated carbocycles. The summed E-state index contributed by atoms with van der Waals surface area (Å²) < 4.78 is 34.3. The number of nitro groups is 1. The molecule has 0 aliphatic carbocycles. The van der Waals surface area contributed by atoms with Crippen LogP contribution in [0.4, 0.5) is 5.69 Å². The van der Waals surface area contributed by atoms with Crippen molar-refractivity contribution < 1.29 is 21.9 Å². The highest BCUT2D eigenvalue weighted by Crippen LogP contribution is 2.22. The van der Waals surface area contributed by atoms with Crippen LogP contribution < -0.4 is 9.81 Å². The van der Waals surface area contributed by atoms with E-state index >= 15 is 0 Å². The minimum atomic E-state index is -3.99. The second kappa shape index (κ2) is 6.36. The molecule has 0 unspecified atom stereocenters. The average molecular weight is 361 g/mol. The molecule has 0 amide bonds. The summed E-state index contributed by atoms with van der Waals surface area (Å²) >= 11 is 0. The number of benzene rings is 2. The number of rotatable bonds is 5. The summed E-state index contributed by atoms with van der Waals surface area (Å²) in [6.07, 6.45) is 0. The predicted octanol–water partition coefficient (Wildman–Crippen LogP) is 2.61. The standard InChI is InChI=1S/C16H11NO7S/c18-16-8-4-12-3-7-14(9-15(12)23-16)24-25(21,22)10-11-1-5-13(6-2-11)17(19)20/h1-9H,10H2. The zero-order chi connectivity index (χ0) is 18.0. The van der Waals surface area contributed by atoms with Crippen molar-refractivity contribution in [1.82, 2.24) is 0 Å². The number of nitro benzene ring substituents is 1. The van der Waals surface area contributed by atoms with Crippen molar-refractivity contribution in [3.63, 3.8) is 0 Å². The highest BCUT2D eigenvalue weighted by molar-refractivity contribution is 7.86. The minimum Gasteiger partial charge on any atom is -0.423 e. The lowest BCUT2D eigenvalue weighted by Gasteiger charge is -2.07. The Morgan fingerprint density at radius 2 is 1.72 bits per heavy atom. The van der Waals surface area contributed by atoms with E-state index < -0.39 is 26.4 Å². The summed E-state index contributed by atoms with van der Waals surface area (Å²) in [6.45, 7) is 0. The lowest BCUT2D eigenvalue weighted by molar-refractivity contribution is -0.384. The van der Waals surface area contributed by atoms with E-state index in [0.717, 1.165) is 0 Å². The third-order valence-corrected chi connectivity index (χ3v) is 4.44. The molecule has 0 spiro atoms. The lowest BCUT2D eigenvalue weighted by Crippen LogP contribution is -2.12. The Hall–Kier alpha value is -3.20. The van der Waals surface area contributed by atoms with Crippen molar-refractivity contribution in [3.05, 3.63) is 80.7 Å². The number of hydrogen-bond donors (Lipinski definition) is 0. The van der Waals surface area contributed by atoms with Gasteiger partial charge >= 0.3 is 15.7 Å². The molecule has 0 atom stereocenters. The van der Waals surface area contributed by atoms with E-state index in [9.17, 15) is 23.3 Å². The Balaban J connectivity index is 1.81. The van der Waals surface area contributed by atoms with Crippen LogP contribution in [0.2, 0.25) is 0 Å². The molecule has 0 radical (unpaired) electrons. The summed E-state index contributed by atoms with van der Waals surface area (Å²) in [5, 5.41) is 11.2. The maximum absolute atomic E-state index is 12.1. The van der Waals surface area contributed by atoms with Crippen molar-refractivity contribution in [3.8, 4) is 5.75 Å². The van der Waals surface area contributed by atoms with Crippen LogP contribution in [-0.4, -0.2) is 13.3 Å². The highest BCUT2D eigenvalue weighted by Gasteiger charge is 2.16. The number of hydrogen-bond acceptors (Lipinski definition) is 7. The van der Waals surface area contributed by atoms with E-state index in [1.54, 1.807) is 12.1 Å².